The first-order chi connectivity index (χ1) is 13.3. The molecule has 1 aromatic rings. The van der Waals surface area contributed by atoms with E-state index in [1.54, 1.807) is 4.90 Å². The summed E-state index contributed by atoms with van der Waals surface area (Å²) in [6.45, 7) is 6.28. The fourth-order valence-corrected chi connectivity index (χ4v) is 3.91. The number of carbonyl (C=O) groups is 1. The van der Waals surface area contributed by atoms with Gasteiger partial charge in [-0.05, 0) is 38.8 Å². The van der Waals surface area contributed by atoms with Crippen molar-refractivity contribution in [3.63, 3.8) is 0 Å². The number of nitrogens with zero attached hydrogens (tertiary/aromatic N) is 5. The number of guanidine groups is 1. The maximum Gasteiger partial charge on any atom is 0.239 e. The third kappa shape index (κ3) is 7.64. The summed E-state index contributed by atoms with van der Waals surface area (Å²) in [4.78, 5) is 23.2. The van der Waals surface area contributed by atoms with Gasteiger partial charge in [0.15, 0.2) is 5.96 Å². The molecule has 166 valence electrons. The van der Waals surface area contributed by atoms with Gasteiger partial charge in [-0.3, -0.25) is 14.7 Å². The third-order valence-corrected chi connectivity index (χ3v) is 5.33. The summed E-state index contributed by atoms with van der Waals surface area (Å²) in [5.74, 6) is 1.11. The first-order valence-corrected chi connectivity index (χ1v) is 10.5. The minimum Gasteiger partial charge on any atom is -0.357 e. The molecular weight excluding hydrogens is 503 g/mol. The summed E-state index contributed by atoms with van der Waals surface area (Å²) in [6, 6.07) is 2.02. The molecule has 0 bridgehead atoms. The van der Waals surface area contributed by atoms with E-state index in [9.17, 15) is 4.79 Å². The van der Waals surface area contributed by atoms with Gasteiger partial charge < -0.3 is 19.7 Å². The molecule has 0 saturated carbocycles. The molecule has 1 aliphatic rings. The number of halogens is 2. The van der Waals surface area contributed by atoms with Gasteiger partial charge in [-0.25, -0.2) is 0 Å². The molecule has 1 fully saturated rings. The SMILES string of the molecule is CCNC(=NCCCN1CCCC1C(=O)N(C)C)N(C)Cc1cc(Cl)cn1C.I. The van der Waals surface area contributed by atoms with Gasteiger partial charge in [-0.15, -0.1) is 24.0 Å². The molecule has 29 heavy (non-hydrogen) atoms. The van der Waals surface area contributed by atoms with Gasteiger partial charge in [-0.1, -0.05) is 11.6 Å². The van der Waals surface area contributed by atoms with E-state index in [1.165, 1.54) is 0 Å². The minimum absolute atomic E-state index is 0. The van der Waals surface area contributed by atoms with E-state index in [0.29, 0.717) is 0 Å². The lowest BCUT2D eigenvalue weighted by atomic mass is 10.2. The van der Waals surface area contributed by atoms with Crippen LogP contribution < -0.4 is 5.32 Å². The van der Waals surface area contributed by atoms with Crippen molar-refractivity contribution >= 4 is 47.4 Å². The van der Waals surface area contributed by atoms with E-state index < -0.39 is 0 Å². The number of amides is 1. The molecule has 0 aromatic carbocycles. The molecule has 2 heterocycles. The van der Waals surface area contributed by atoms with E-state index in [-0.39, 0.29) is 35.9 Å². The van der Waals surface area contributed by atoms with Crippen LogP contribution in [0.1, 0.15) is 31.9 Å². The second kappa shape index (κ2) is 12.6. The van der Waals surface area contributed by atoms with Crippen molar-refractivity contribution in [1.29, 1.82) is 0 Å². The quantitative estimate of drug-likeness (QED) is 0.239. The maximum absolute atomic E-state index is 12.3. The molecule has 1 aliphatic heterocycles. The zero-order valence-electron chi connectivity index (χ0n) is 18.3. The topological polar surface area (TPSA) is 56.1 Å². The van der Waals surface area contributed by atoms with Crippen LogP contribution in [0, 0.1) is 0 Å². The highest BCUT2D eigenvalue weighted by molar-refractivity contribution is 14.0. The Morgan fingerprint density at radius 1 is 1.38 bits per heavy atom. The average molecular weight is 539 g/mol. The fourth-order valence-electron chi connectivity index (χ4n) is 3.64. The zero-order valence-corrected chi connectivity index (χ0v) is 21.4. The smallest absolute Gasteiger partial charge is 0.239 e. The largest absolute Gasteiger partial charge is 0.357 e. The van der Waals surface area contributed by atoms with Crippen molar-refractivity contribution in [2.75, 3.05) is 47.3 Å². The number of aryl methyl sites for hydroxylation is 1. The maximum atomic E-state index is 12.3. The molecule has 1 atom stereocenters. The fraction of sp³-hybridized carbons (Fsp3) is 0.700. The van der Waals surface area contributed by atoms with Gasteiger partial charge in [0, 0.05) is 59.7 Å². The number of likely N-dealkylation sites (tertiary alicyclic amines) is 1. The van der Waals surface area contributed by atoms with Crippen molar-refractivity contribution in [2.24, 2.45) is 12.0 Å². The van der Waals surface area contributed by atoms with Crippen LogP contribution >= 0.6 is 35.6 Å². The van der Waals surface area contributed by atoms with Crippen LogP contribution in [0.15, 0.2) is 17.3 Å². The first kappa shape index (κ1) is 26.0. The molecule has 0 radical (unpaired) electrons. The zero-order chi connectivity index (χ0) is 20.7. The number of rotatable bonds is 8. The molecule has 7 nitrogen and oxygen atoms in total. The summed E-state index contributed by atoms with van der Waals surface area (Å²) in [5.41, 5.74) is 1.14. The van der Waals surface area contributed by atoms with Crippen molar-refractivity contribution in [3.8, 4) is 0 Å². The summed E-state index contributed by atoms with van der Waals surface area (Å²) >= 11 is 6.09. The van der Waals surface area contributed by atoms with Crippen LogP contribution in [0.25, 0.3) is 0 Å². The number of aliphatic imine (C=N–C) groups is 1. The van der Waals surface area contributed by atoms with Crippen LogP contribution in [-0.4, -0.2) is 84.5 Å². The summed E-state index contributed by atoms with van der Waals surface area (Å²) in [7, 11) is 7.71. The summed E-state index contributed by atoms with van der Waals surface area (Å²) in [6.07, 6.45) is 4.91. The first-order valence-electron chi connectivity index (χ1n) is 10.1. The van der Waals surface area contributed by atoms with Crippen LogP contribution in [0.2, 0.25) is 5.02 Å². The molecule has 0 aliphatic carbocycles. The van der Waals surface area contributed by atoms with Crippen molar-refractivity contribution in [2.45, 2.75) is 38.8 Å². The molecule has 0 spiro atoms. The molecule has 2 rings (SSSR count). The van der Waals surface area contributed by atoms with Gasteiger partial charge in [-0.2, -0.15) is 0 Å². The number of nitrogens with one attached hydrogen (secondary N) is 1. The van der Waals surface area contributed by atoms with Gasteiger partial charge in [0.05, 0.1) is 17.6 Å². The predicted octanol–water partition coefficient (Wildman–Crippen LogP) is 2.64. The Kier molecular flexibility index (Phi) is 11.3. The van der Waals surface area contributed by atoms with E-state index in [4.69, 9.17) is 16.6 Å². The third-order valence-electron chi connectivity index (χ3n) is 5.12. The average Bonchev–Trinajstić information content (AvgIpc) is 3.22. The molecule has 1 saturated heterocycles. The van der Waals surface area contributed by atoms with Crippen LogP contribution in [0.3, 0.4) is 0 Å². The molecule has 1 unspecified atom stereocenters. The van der Waals surface area contributed by atoms with Crippen molar-refractivity contribution in [1.82, 2.24) is 24.6 Å². The monoisotopic (exact) mass is 538 g/mol. The number of hydrogen-bond donors (Lipinski definition) is 1. The van der Waals surface area contributed by atoms with Crippen LogP contribution in [0.4, 0.5) is 0 Å². The molecule has 1 N–H and O–H groups in total. The number of hydrogen-bond acceptors (Lipinski definition) is 3. The van der Waals surface area contributed by atoms with Crippen molar-refractivity contribution in [3.05, 3.63) is 23.0 Å². The highest BCUT2D eigenvalue weighted by Crippen LogP contribution is 2.19. The Balaban J connectivity index is 0.00000420. The Labute approximate surface area is 197 Å². The number of aromatic nitrogens is 1. The lowest BCUT2D eigenvalue weighted by Gasteiger charge is -2.26. The van der Waals surface area contributed by atoms with Gasteiger partial charge in [0.1, 0.15) is 0 Å². The molecule has 1 amide bonds. The lowest BCUT2D eigenvalue weighted by molar-refractivity contribution is -0.133. The molecule has 9 heteroatoms. The normalized spacial score (nSPS) is 17.2. The standard InChI is InChI=1S/C20H35ClN6O.HI/c1-6-22-20(26(5)15-17-13-16(21)14-25(17)4)23-10-8-12-27-11-7-9-18(27)19(28)24(2)3;/h13-14,18H,6-12,15H2,1-5H3,(H,22,23);1H. The Morgan fingerprint density at radius 3 is 2.69 bits per heavy atom. The Hall–Kier alpha value is -1.000. The molecule has 1 aromatic heterocycles. The number of likely N-dealkylation sites (N-methyl/N-ethyl adjacent to an activating group) is 1. The predicted molar refractivity (Wildman–Crippen MR) is 131 cm³/mol. The van der Waals surface area contributed by atoms with Crippen molar-refractivity contribution < 1.29 is 4.79 Å². The van der Waals surface area contributed by atoms with E-state index in [0.717, 1.165) is 68.7 Å². The van der Waals surface area contributed by atoms with E-state index >= 15 is 0 Å². The van der Waals surface area contributed by atoms with Crippen LogP contribution in [-0.2, 0) is 18.4 Å². The summed E-state index contributed by atoms with van der Waals surface area (Å²) < 4.78 is 2.04. The molecular formula is C20H36ClIN6O. The Morgan fingerprint density at radius 2 is 2.10 bits per heavy atom. The number of carbonyl (C=O) groups excluding carboxylic acids is 1. The minimum atomic E-state index is 0. The lowest BCUT2D eigenvalue weighted by Crippen LogP contribution is -2.43. The van der Waals surface area contributed by atoms with Gasteiger partial charge in [0.2, 0.25) is 5.91 Å². The van der Waals surface area contributed by atoms with E-state index in [2.05, 4.69) is 22.0 Å². The highest BCUT2D eigenvalue weighted by atomic mass is 127. The second-order valence-corrected chi connectivity index (χ2v) is 8.07. The Bertz CT molecular complexity index is 678. The van der Waals surface area contributed by atoms with Crippen LogP contribution in [0.5, 0.6) is 0 Å². The van der Waals surface area contributed by atoms with Gasteiger partial charge >= 0.3 is 0 Å². The summed E-state index contributed by atoms with van der Waals surface area (Å²) in [5, 5.41) is 4.11. The second-order valence-electron chi connectivity index (χ2n) is 7.63. The highest BCUT2D eigenvalue weighted by Gasteiger charge is 2.30. The van der Waals surface area contributed by atoms with Gasteiger partial charge in [0.25, 0.3) is 0 Å². The van der Waals surface area contributed by atoms with E-state index in [1.807, 2.05) is 45.0 Å².